The maximum Gasteiger partial charge on any atom is 0.416 e. The minimum atomic E-state index is -4.62. The smallest absolute Gasteiger partial charge is 0.416 e. The molecule has 1 saturated heterocycles. The van der Waals surface area contributed by atoms with E-state index < -0.39 is 23.6 Å². The van der Waals surface area contributed by atoms with Gasteiger partial charge in [0.25, 0.3) is 11.8 Å². The summed E-state index contributed by atoms with van der Waals surface area (Å²) in [5.74, 6) is -1.25. The molecule has 1 aliphatic heterocycles. The number of anilines is 1. The summed E-state index contributed by atoms with van der Waals surface area (Å²) in [6.45, 7) is 0. The lowest BCUT2D eigenvalue weighted by Crippen LogP contribution is -2.54. The first-order valence-corrected chi connectivity index (χ1v) is 9.78. The van der Waals surface area contributed by atoms with Gasteiger partial charge in [-0.2, -0.15) is 18.4 Å². The van der Waals surface area contributed by atoms with Crippen molar-refractivity contribution >= 4 is 40.9 Å². The maximum absolute atomic E-state index is 13.1. The van der Waals surface area contributed by atoms with Gasteiger partial charge in [-0.15, -0.1) is 0 Å². The molecule has 0 radical (unpaired) electrons. The molecule has 4 rings (SSSR count). The predicted octanol–water partition coefficient (Wildman–Crippen LogP) is 4.67. The van der Waals surface area contributed by atoms with E-state index in [1.807, 2.05) is 6.07 Å². The number of nitrogens with one attached hydrogen (secondary N) is 1. The zero-order chi connectivity index (χ0) is 23.8. The Balaban J connectivity index is 1.70. The van der Waals surface area contributed by atoms with E-state index in [-0.39, 0.29) is 22.1 Å². The van der Waals surface area contributed by atoms with Crippen LogP contribution in [0.25, 0.3) is 17.4 Å². The molecule has 2 heterocycles. The summed E-state index contributed by atoms with van der Waals surface area (Å²) in [7, 11) is 0. The van der Waals surface area contributed by atoms with Crippen molar-refractivity contribution in [1.82, 2.24) is 5.32 Å². The van der Waals surface area contributed by atoms with Gasteiger partial charge in [0.1, 0.15) is 17.1 Å². The molecule has 0 bridgehead atoms. The van der Waals surface area contributed by atoms with Crippen LogP contribution < -0.4 is 10.2 Å². The molecule has 0 unspecified atom stereocenters. The Morgan fingerprint density at radius 2 is 1.82 bits per heavy atom. The third kappa shape index (κ3) is 4.26. The van der Waals surface area contributed by atoms with E-state index >= 15 is 0 Å². The Kier molecular flexibility index (Phi) is 5.57. The number of thiocarbonyl (C=S) groups is 1. The van der Waals surface area contributed by atoms with Crippen molar-refractivity contribution in [2.45, 2.75) is 6.18 Å². The van der Waals surface area contributed by atoms with Crippen LogP contribution in [0.5, 0.6) is 0 Å². The Morgan fingerprint density at radius 3 is 2.55 bits per heavy atom. The van der Waals surface area contributed by atoms with Gasteiger partial charge in [-0.25, -0.2) is 0 Å². The van der Waals surface area contributed by atoms with Crippen LogP contribution in [0, 0.1) is 11.3 Å². The van der Waals surface area contributed by atoms with Crippen molar-refractivity contribution in [3.05, 3.63) is 83.1 Å². The second kappa shape index (κ2) is 8.37. The first-order valence-electron chi connectivity index (χ1n) is 9.37. The second-order valence-electron chi connectivity index (χ2n) is 6.87. The normalized spacial score (nSPS) is 15.5. The molecule has 164 valence electrons. The van der Waals surface area contributed by atoms with Crippen molar-refractivity contribution in [2.24, 2.45) is 0 Å². The fourth-order valence-electron chi connectivity index (χ4n) is 3.23. The van der Waals surface area contributed by atoms with Crippen LogP contribution in [0.1, 0.15) is 16.9 Å². The van der Waals surface area contributed by atoms with Gasteiger partial charge in [-0.1, -0.05) is 18.2 Å². The molecule has 0 spiro atoms. The zero-order valence-corrected chi connectivity index (χ0v) is 17.3. The Hall–Kier alpha value is -4.23. The topological polar surface area (TPSA) is 86.3 Å². The standard InChI is InChI=1S/C23H12F3N3O3S/c24-23(25,26)14-5-3-6-15(10-14)29-21(31)18(20(30)28-22(29)33)11-16-8-9-19(32-16)17-7-2-1-4-13(17)12-27/h1-11H,(H,28,30,33)/b18-11+. The molecule has 1 fully saturated rings. The summed E-state index contributed by atoms with van der Waals surface area (Å²) in [6.07, 6.45) is -3.46. The number of benzene rings is 2. The number of carbonyl (C=O) groups is 2. The van der Waals surface area contributed by atoms with Gasteiger partial charge in [0.2, 0.25) is 0 Å². The lowest BCUT2D eigenvalue weighted by molar-refractivity contribution is -0.137. The maximum atomic E-state index is 13.1. The SMILES string of the molecule is N#Cc1ccccc1-c1ccc(/C=C2\C(=O)NC(=S)N(c3cccc(C(F)(F)F)c3)C2=O)o1. The molecule has 33 heavy (non-hydrogen) atoms. The molecular formula is C23H12F3N3O3S. The van der Waals surface area contributed by atoms with Crippen molar-refractivity contribution in [2.75, 3.05) is 4.90 Å². The molecule has 0 aliphatic carbocycles. The van der Waals surface area contributed by atoms with Crippen LogP contribution in [0.2, 0.25) is 0 Å². The molecule has 2 amide bonds. The van der Waals surface area contributed by atoms with Gasteiger partial charge in [0.15, 0.2) is 5.11 Å². The fourth-order valence-corrected chi connectivity index (χ4v) is 3.51. The number of hydrogen-bond acceptors (Lipinski definition) is 5. The average molecular weight is 467 g/mol. The fraction of sp³-hybridized carbons (Fsp3) is 0.0435. The molecule has 10 heteroatoms. The number of amides is 2. The zero-order valence-electron chi connectivity index (χ0n) is 16.5. The summed E-state index contributed by atoms with van der Waals surface area (Å²) < 4.78 is 45.0. The van der Waals surface area contributed by atoms with Crippen molar-refractivity contribution < 1.29 is 27.2 Å². The minimum Gasteiger partial charge on any atom is -0.457 e. The highest BCUT2D eigenvalue weighted by molar-refractivity contribution is 7.80. The first kappa shape index (κ1) is 22.0. The Morgan fingerprint density at radius 1 is 1.06 bits per heavy atom. The lowest BCUT2D eigenvalue weighted by atomic mass is 10.1. The van der Waals surface area contributed by atoms with Gasteiger partial charge in [0.05, 0.1) is 22.9 Å². The van der Waals surface area contributed by atoms with E-state index in [9.17, 15) is 28.0 Å². The number of furan rings is 1. The van der Waals surface area contributed by atoms with E-state index in [4.69, 9.17) is 16.6 Å². The minimum absolute atomic E-state index is 0.132. The van der Waals surface area contributed by atoms with E-state index in [0.29, 0.717) is 16.9 Å². The largest absolute Gasteiger partial charge is 0.457 e. The van der Waals surface area contributed by atoms with Crippen molar-refractivity contribution in [3.63, 3.8) is 0 Å². The molecule has 1 N–H and O–H groups in total. The quantitative estimate of drug-likeness (QED) is 0.344. The number of alkyl halides is 3. The molecule has 6 nitrogen and oxygen atoms in total. The van der Waals surface area contributed by atoms with Gasteiger partial charge in [-0.05, 0) is 60.8 Å². The summed E-state index contributed by atoms with van der Waals surface area (Å²) >= 11 is 5.02. The number of nitrogens with zero attached hydrogens (tertiary/aromatic N) is 2. The monoisotopic (exact) mass is 467 g/mol. The van der Waals surface area contributed by atoms with Crippen LogP contribution in [-0.2, 0) is 15.8 Å². The van der Waals surface area contributed by atoms with Gasteiger partial charge >= 0.3 is 6.18 Å². The van der Waals surface area contributed by atoms with Crippen LogP contribution in [0.3, 0.4) is 0 Å². The van der Waals surface area contributed by atoms with Crippen LogP contribution in [0.4, 0.5) is 18.9 Å². The Bertz CT molecular complexity index is 1370. The Labute approximate surface area is 190 Å². The third-order valence-electron chi connectivity index (χ3n) is 4.76. The summed E-state index contributed by atoms with van der Waals surface area (Å²) in [5.41, 5.74) is -0.594. The van der Waals surface area contributed by atoms with Crippen LogP contribution in [0.15, 0.2) is 70.7 Å². The molecule has 3 aromatic rings. The van der Waals surface area contributed by atoms with E-state index in [1.54, 1.807) is 30.3 Å². The molecule has 0 atom stereocenters. The average Bonchev–Trinajstić information content (AvgIpc) is 3.24. The predicted molar refractivity (Wildman–Crippen MR) is 117 cm³/mol. The van der Waals surface area contributed by atoms with Crippen LogP contribution >= 0.6 is 12.2 Å². The molecule has 1 aliphatic rings. The third-order valence-corrected chi connectivity index (χ3v) is 5.04. The molecule has 0 saturated carbocycles. The number of carbonyl (C=O) groups excluding carboxylic acids is 2. The lowest BCUT2D eigenvalue weighted by Gasteiger charge is -2.29. The van der Waals surface area contributed by atoms with Gasteiger partial charge in [-0.3, -0.25) is 19.8 Å². The second-order valence-corrected chi connectivity index (χ2v) is 7.25. The summed E-state index contributed by atoms with van der Waals surface area (Å²) in [4.78, 5) is 26.3. The highest BCUT2D eigenvalue weighted by Gasteiger charge is 2.36. The highest BCUT2D eigenvalue weighted by atomic mass is 32.1. The van der Waals surface area contributed by atoms with Crippen molar-refractivity contribution in [3.8, 4) is 17.4 Å². The van der Waals surface area contributed by atoms with E-state index in [2.05, 4.69) is 5.32 Å². The summed E-state index contributed by atoms with van der Waals surface area (Å²) in [5, 5.41) is 11.2. The van der Waals surface area contributed by atoms with E-state index in [1.165, 1.54) is 18.2 Å². The van der Waals surface area contributed by atoms with Crippen LogP contribution in [-0.4, -0.2) is 16.9 Å². The van der Waals surface area contributed by atoms with Crippen molar-refractivity contribution in [1.29, 1.82) is 5.26 Å². The van der Waals surface area contributed by atoms with Gasteiger partial charge < -0.3 is 4.42 Å². The molecular weight excluding hydrogens is 455 g/mol. The van der Waals surface area contributed by atoms with E-state index in [0.717, 1.165) is 23.1 Å². The molecule has 2 aromatic carbocycles. The highest BCUT2D eigenvalue weighted by Crippen LogP contribution is 2.33. The van der Waals surface area contributed by atoms with Gasteiger partial charge in [0, 0.05) is 5.56 Å². The number of nitriles is 1. The number of rotatable bonds is 3. The number of hydrogen-bond donors (Lipinski definition) is 1. The summed E-state index contributed by atoms with van der Waals surface area (Å²) in [6, 6.07) is 15.9. The number of halogens is 3. The first-order chi connectivity index (χ1) is 15.7. The molecule has 1 aromatic heterocycles.